The van der Waals surface area contributed by atoms with Gasteiger partial charge in [-0.25, -0.2) is 0 Å². The molecule has 2 heterocycles. The van der Waals surface area contributed by atoms with E-state index in [1.54, 1.807) is 0 Å². The van der Waals surface area contributed by atoms with Crippen LogP contribution in [0, 0.1) is 11.8 Å². The molecule has 4 nitrogen and oxygen atoms in total. The second kappa shape index (κ2) is 4.09. The van der Waals surface area contributed by atoms with Gasteiger partial charge in [0.05, 0.1) is 6.54 Å². The molecule has 0 saturated carbocycles. The average Bonchev–Trinajstić information content (AvgIpc) is 2.67. The van der Waals surface area contributed by atoms with Crippen molar-refractivity contribution < 1.29 is 9.59 Å². The van der Waals surface area contributed by atoms with Crippen LogP contribution < -0.4 is 0 Å². The number of β-lactam (4-membered cyclic amide) rings is 1. The van der Waals surface area contributed by atoms with Crippen molar-refractivity contribution >= 4 is 11.8 Å². The fraction of sp³-hybridized carbons (Fsp3) is 0.846. The zero-order valence-corrected chi connectivity index (χ0v) is 11.2. The number of carbonyl (C=O) groups excluding carboxylic acids is 2. The molecule has 96 valence electrons. The lowest BCUT2D eigenvalue weighted by molar-refractivity contribution is -0.170. The van der Waals surface area contributed by atoms with Gasteiger partial charge in [-0.05, 0) is 32.4 Å². The number of amides is 2. The molecule has 0 aliphatic carbocycles. The molecule has 2 amide bonds. The third-order valence-corrected chi connectivity index (χ3v) is 4.53. The lowest BCUT2D eigenvalue weighted by Gasteiger charge is -2.49. The highest BCUT2D eigenvalue weighted by Gasteiger charge is 2.58. The summed E-state index contributed by atoms with van der Waals surface area (Å²) in [7, 11) is 1.98. The lowest BCUT2D eigenvalue weighted by atomic mass is 9.84. The van der Waals surface area contributed by atoms with Crippen molar-refractivity contribution in [3.63, 3.8) is 0 Å². The fourth-order valence-corrected chi connectivity index (χ4v) is 2.75. The number of imide groups is 1. The summed E-state index contributed by atoms with van der Waals surface area (Å²) >= 11 is 0. The molecule has 0 radical (unpaired) electrons. The summed E-state index contributed by atoms with van der Waals surface area (Å²) in [5.74, 6) is 0.238. The SMILES string of the molecule is CC(C)C(C)C(=O)N1CC2(CCCN2C)C1=O. The van der Waals surface area contributed by atoms with Crippen molar-refractivity contribution in [3.05, 3.63) is 0 Å². The molecule has 2 saturated heterocycles. The summed E-state index contributed by atoms with van der Waals surface area (Å²) in [4.78, 5) is 27.9. The molecule has 0 aromatic rings. The standard InChI is InChI=1S/C13H22N2O2/c1-9(2)10(3)11(16)15-8-13(12(15)17)6-5-7-14(13)4/h9-10H,5-8H2,1-4H3. The number of carbonyl (C=O) groups is 2. The highest BCUT2D eigenvalue weighted by molar-refractivity contribution is 6.06. The summed E-state index contributed by atoms with van der Waals surface area (Å²) in [5, 5.41) is 0. The zero-order valence-electron chi connectivity index (χ0n) is 11.2. The van der Waals surface area contributed by atoms with Crippen molar-refractivity contribution in [2.75, 3.05) is 20.1 Å². The largest absolute Gasteiger partial charge is 0.291 e. The minimum Gasteiger partial charge on any atom is -0.291 e. The van der Waals surface area contributed by atoms with Crippen LogP contribution in [0.1, 0.15) is 33.6 Å². The molecule has 2 atom stereocenters. The van der Waals surface area contributed by atoms with Gasteiger partial charge < -0.3 is 0 Å². The molecule has 0 bridgehead atoms. The second-order valence-corrected chi connectivity index (χ2v) is 5.82. The maximum atomic E-state index is 12.2. The second-order valence-electron chi connectivity index (χ2n) is 5.82. The summed E-state index contributed by atoms with van der Waals surface area (Å²) in [5.41, 5.74) is -0.341. The van der Waals surface area contributed by atoms with E-state index in [1.807, 2.05) is 27.8 Å². The predicted octanol–water partition coefficient (Wildman–Crippen LogP) is 1.11. The predicted molar refractivity (Wildman–Crippen MR) is 65.3 cm³/mol. The van der Waals surface area contributed by atoms with Gasteiger partial charge in [-0.15, -0.1) is 0 Å². The first kappa shape index (κ1) is 12.6. The Morgan fingerprint density at radius 3 is 2.41 bits per heavy atom. The first-order chi connectivity index (χ1) is 7.90. The van der Waals surface area contributed by atoms with Gasteiger partial charge >= 0.3 is 0 Å². The number of hydrogen-bond donors (Lipinski definition) is 0. The minimum absolute atomic E-state index is 0.00377. The summed E-state index contributed by atoms with van der Waals surface area (Å²) < 4.78 is 0. The highest BCUT2D eigenvalue weighted by Crippen LogP contribution is 2.38. The van der Waals surface area contributed by atoms with E-state index < -0.39 is 0 Å². The average molecular weight is 238 g/mol. The molecule has 17 heavy (non-hydrogen) atoms. The zero-order chi connectivity index (χ0) is 12.8. The molecule has 2 aliphatic heterocycles. The van der Waals surface area contributed by atoms with Crippen molar-refractivity contribution in [1.29, 1.82) is 0 Å². The van der Waals surface area contributed by atoms with E-state index in [0.717, 1.165) is 19.4 Å². The smallest absolute Gasteiger partial charge is 0.251 e. The van der Waals surface area contributed by atoms with Crippen LogP contribution in [-0.4, -0.2) is 47.3 Å². The lowest BCUT2D eigenvalue weighted by Crippen LogP contribution is -2.73. The molecule has 2 unspecified atom stereocenters. The highest BCUT2D eigenvalue weighted by atomic mass is 16.2. The maximum Gasteiger partial charge on any atom is 0.251 e. The Balaban J connectivity index is 2.05. The molecular weight excluding hydrogens is 216 g/mol. The van der Waals surface area contributed by atoms with E-state index in [1.165, 1.54) is 4.90 Å². The van der Waals surface area contributed by atoms with Gasteiger partial charge in [0.2, 0.25) is 5.91 Å². The molecular formula is C13H22N2O2. The first-order valence-corrected chi connectivity index (χ1v) is 6.47. The summed E-state index contributed by atoms with van der Waals surface area (Å²) in [6.07, 6.45) is 1.96. The fourth-order valence-electron chi connectivity index (χ4n) is 2.75. The molecule has 0 N–H and O–H groups in total. The third kappa shape index (κ3) is 1.69. The van der Waals surface area contributed by atoms with Gasteiger partial charge in [0, 0.05) is 5.92 Å². The Bertz CT molecular complexity index is 353. The van der Waals surface area contributed by atoms with Crippen molar-refractivity contribution in [1.82, 2.24) is 9.80 Å². The van der Waals surface area contributed by atoms with Crippen LogP contribution in [0.15, 0.2) is 0 Å². The van der Waals surface area contributed by atoms with Gasteiger partial charge in [-0.3, -0.25) is 19.4 Å². The van der Waals surface area contributed by atoms with Gasteiger partial charge in [-0.1, -0.05) is 20.8 Å². The first-order valence-electron chi connectivity index (χ1n) is 6.47. The molecule has 2 aliphatic rings. The Morgan fingerprint density at radius 1 is 1.35 bits per heavy atom. The van der Waals surface area contributed by atoms with E-state index in [2.05, 4.69) is 4.90 Å². The van der Waals surface area contributed by atoms with Crippen LogP contribution >= 0.6 is 0 Å². The number of likely N-dealkylation sites (N-methyl/N-ethyl adjacent to an activating group) is 1. The Kier molecular flexibility index (Phi) is 3.02. The molecule has 1 spiro atoms. The van der Waals surface area contributed by atoms with Crippen LogP contribution in [0.5, 0.6) is 0 Å². The minimum atomic E-state index is -0.341. The van der Waals surface area contributed by atoms with Gasteiger partial charge in [0.15, 0.2) is 0 Å². The topological polar surface area (TPSA) is 40.6 Å². The quantitative estimate of drug-likeness (QED) is 0.677. The van der Waals surface area contributed by atoms with E-state index in [9.17, 15) is 9.59 Å². The van der Waals surface area contributed by atoms with Gasteiger partial charge in [0.1, 0.15) is 5.54 Å². The molecule has 2 rings (SSSR count). The number of nitrogens with zero attached hydrogens (tertiary/aromatic N) is 2. The molecule has 4 heteroatoms. The van der Waals surface area contributed by atoms with Crippen molar-refractivity contribution in [2.45, 2.75) is 39.2 Å². The van der Waals surface area contributed by atoms with E-state index in [0.29, 0.717) is 6.54 Å². The third-order valence-electron chi connectivity index (χ3n) is 4.53. The van der Waals surface area contributed by atoms with Crippen LogP contribution in [0.25, 0.3) is 0 Å². The number of likely N-dealkylation sites (tertiary alicyclic amines) is 2. The molecule has 0 aromatic carbocycles. The number of hydrogen-bond acceptors (Lipinski definition) is 3. The van der Waals surface area contributed by atoms with Crippen LogP contribution in [0.2, 0.25) is 0 Å². The van der Waals surface area contributed by atoms with Gasteiger partial charge in [-0.2, -0.15) is 0 Å². The monoisotopic (exact) mass is 238 g/mol. The normalized spacial score (nSPS) is 31.1. The molecule has 0 aromatic heterocycles. The van der Waals surface area contributed by atoms with Gasteiger partial charge in [0.25, 0.3) is 5.91 Å². The Hall–Kier alpha value is -0.900. The summed E-state index contributed by atoms with van der Waals surface area (Å²) in [6.45, 7) is 7.50. The van der Waals surface area contributed by atoms with E-state index in [-0.39, 0.29) is 29.2 Å². The van der Waals surface area contributed by atoms with Crippen LogP contribution in [-0.2, 0) is 9.59 Å². The van der Waals surface area contributed by atoms with E-state index in [4.69, 9.17) is 0 Å². The molecule has 2 fully saturated rings. The summed E-state index contributed by atoms with van der Waals surface area (Å²) in [6, 6.07) is 0. The maximum absolute atomic E-state index is 12.2. The van der Waals surface area contributed by atoms with Crippen LogP contribution in [0.3, 0.4) is 0 Å². The van der Waals surface area contributed by atoms with E-state index >= 15 is 0 Å². The van der Waals surface area contributed by atoms with Crippen LogP contribution in [0.4, 0.5) is 0 Å². The number of rotatable bonds is 2. The Morgan fingerprint density at radius 2 is 2.00 bits per heavy atom. The van der Waals surface area contributed by atoms with Crippen molar-refractivity contribution in [3.8, 4) is 0 Å². The van der Waals surface area contributed by atoms with Crippen molar-refractivity contribution in [2.24, 2.45) is 11.8 Å². The Labute approximate surface area is 103 Å².